The molecule has 0 aromatic heterocycles. The third kappa shape index (κ3) is 11.7. The Balaban J connectivity index is 2.06. The highest BCUT2D eigenvalue weighted by atomic mass is 16.6. The minimum atomic E-state index is -1.20. The molecule has 1 aliphatic rings. The van der Waals surface area contributed by atoms with E-state index in [0.29, 0.717) is 18.4 Å². The maximum atomic E-state index is 14.5. The van der Waals surface area contributed by atoms with Crippen LogP contribution in [0.2, 0.25) is 0 Å². The zero-order valence-electron chi connectivity index (χ0n) is 28.6. The van der Waals surface area contributed by atoms with Gasteiger partial charge in [0.1, 0.15) is 29.3 Å². The van der Waals surface area contributed by atoms with Gasteiger partial charge in [-0.1, -0.05) is 60.2 Å². The summed E-state index contributed by atoms with van der Waals surface area (Å²) in [5.74, 6) is -2.38. The zero-order valence-corrected chi connectivity index (χ0v) is 28.6. The second-order valence-electron chi connectivity index (χ2n) is 14.1. The molecule has 0 aliphatic heterocycles. The molecule has 1 saturated carbocycles. The molecule has 0 saturated heterocycles. The average Bonchev–Trinajstić information content (AvgIpc) is 2.92. The second kappa shape index (κ2) is 15.9. The normalized spacial score (nSPS) is 15.3. The Morgan fingerprint density at radius 3 is 1.96 bits per heavy atom. The van der Waals surface area contributed by atoms with Crippen LogP contribution in [0.1, 0.15) is 96.4 Å². The molecule has 4 amide bonds. The molecule has 2 aromatic rings. The van der Waals surface area contributed by atoms with Gasteiger partial charge in [0.05, 0.1) is 0 Å². The molecule has 4 N–H and O–H groups in total. The average molecular weight is 651 g/mol. The number of hydrogen-bond acceptors (Lipinski definition) is 7. The number of nitrogens with two attached hydrogens (primary N) is 1. The number of carbonyl (C=O) groups excluding carboxylic acids is 5. The third-order valence-corrected chi connectivity index (χ3v) is 7.60. The molecular formula is C36H50N4O7. The summed E-state index contributed by atoms with van der Waals surface area (Å²) >= 11 is 0. The van der Waals surface area contributed by atoms with Crippen molar-refractivity contribution in [3.63, 3.8) is 0 Å². The Morgan fingerprint density at radius 2 is 1.45 bits per heavy atom. The van der Waals surface area contributed by atoms with Gasteiger partial charge in [0.2, 0.25) is 17.7 Å². The van der Waals surface area contributed by atoms with Crippen LogP contribution in [0.25, 0.3) is 0 Å². The van der Waals surface area contributed by atoms with E-state index < -0.39 is 59.1 Å². The molecule has 3 rings (SSSR count). The van der Waals surface area contributed by atoms with Crippen molar-refractivity contribution >= 4 is 29.8 Å². The highest BCUT2D eigenvalue weighted by molar-refractivity contribution is 5.94. The van der Waals surface area contributed by atoms with Crippen LogP contribution < -0.4 is 16.4 Å². The van der Waals surface area contributed by atoms with E-state index in [9.17, 15) is 24.0 Å². The fraction of sp³-hybridized carbons (Fsp3) is 0.528. The largest absolute Gasteiger partial charge is 0.458 e. The Hall–Kier alpha value is -4.41. The molecule has 3 unspecified atom stereocenters. The first-order valence-electron chi connectivity index (χ1n) is 16.2. The number of benzene rings is 2. The summed E-state index contributed by atoms with van der Waals surface area (Å²) in [6, 6.07) is 12.8. The highest BCUT2D eigenvalue weighted by Crippen LogP contribution is 2.34. The van der Waals surface area contributed by atoms with E-state index in [1.165, 1.54) is 4.90 Å². The van der Waals surface area contributed by atoms with Crippen LogP contribution in [0.15, 0.2) is 54.6 Å². The molecule has 0 bridgehead atoms. The lowest BCUT2D eigenvalue weighted by Gasteiger charge is -2.44. The van der Waals surface area contributed by atoms with Gasteiger partial charge in [-0.15, -0.1) is 0 Å². The second-order valence-corrected chi connectivity index (χ2v) is 14.1. The van der Waals surface area contributed by atoms with Crippen LogP contribution in [0, 0.1) is 6.92 Å². The van der Waals surface area contributed by atoms with Gasteiger partial charge in [-0.2, -0.15) is 0 Å². The predicted molar refractivity (Wildman–Crippen MR) is 178 cm³/mol. The number of nitrogens with zero attached hydrogens (tertiary/aromatic N) is 1. The van der Waals surface area contributed by atoms with Crippen molar-refractivity contribution in [2.24, 2.45) is 5.73 Å². The summed E-state index contributed by atoms with van der Waals surface area (Å²) in [6.07, 6.45) is 1.18. The van der Waals surface area contributed by atoms with E-state index in [2.05, 4.69) is 10.6 Å². The molecule has 0 spiro atoms. The molecule has 3 atom stereocenters. The fourth-order valence-electron chi connectivity index (χ4n) is 5.21. The summed E-state index contributed by atoms with van der Waals surface area (Å²) in [6.45, 7) is 12.3. The number of nitrogens with one attached hydrogen (secondary N) is 2. The zero-order chi connectivity index (χ0) is 34.9. The van der Waals surface area contributed by atoms with Gasteiger partial charge in [-0.25, -0.2) is 9.59 Å². The first-order valence-corrected chi connectivity index (χ1v) is 16.2. The summed E-state index contributed by atoms with van der Waals surface area (Å²) < 4.78 is 11.1. The van der Waals surface area contributed by atoms with Gasteiger partial charge in [-0.3, -0.25) is 14.4 Å². The Labute approximate surface area is 277 Å². The smallest absolute Gasteiger partial charge is 0.408 e. The lowest BCUT2D eigenvalue weighted by atomic mass is 9.87. The van der Waals surface area contributed by atoms with Crippen LogP contribution in [-0.4, -0.2) is 64.0 Å². The van der Waals surface area contributed by atoms with Crippen molar-refractivity contribution in [3.8, 4) is 0 Å². The number of alkyl carbamates (subject to hydrolysis) is 1. The number of hydrogen-bond donors (Lipinski definition) is 3. The summed E-state index contributed by atoms with van der Waals surface area (Å²) in [7, 11) is 0. The van der Waals surface area contributed by atoms with E-state index in [1.54, 1.807) is 53.7 Å². The molecule has 1 fully saturated rings. The van der Waals surface area contributed by atoms with Crippen LogP contribution in [0.4, 0.5) is 4.79 Å². The lowest BCUT2D eigenvalue weighted by Crippen LogP contribution is -2.58. The van der Waals surface area contributed by atoms with Gasteiger partial charge >= 0.3 is 12.1 Å². The summed E-state index contributed by atoms with van der Waals surface area (Å²) in [5, 5.41) is 5.53. The number of aryl methyl sites for hydroxylation is 1. The number of carbonyl (C=O) groups is 5. The molecule has 0 radical (unpaired) electrons. The Bertz CT molecular complexity index is 1390. The number of amides is 4. The maximum Gasteiger partial charge on any atom is 0.408 e. The number of esters is 1. The summed E-state index contributed by atoms with van der Waals surface area (Å²) in [4.78, 5) is 68.6. The van der Waals surface area contributed by atoms with Gasteiger partial charge in [0.25, 0.3) is 0 Å². The molecule has 1 aliphatic carbocycles. The minimum absolute atomic E-state index is 0.0899. The Kier molecular flexibility index (Phi) is 12.6. The van der Waals surface area contributed by atoms with Crippen LogP contribution >= 0.6 is 0 Å². The van der Waals surface area contributed by atoms with Gasteiger partial charge in [0, 0.05) is 18.9 Å². The maximum absolute atomic E-state index is 14.5. The fourth-order valence-corrected chi connectivity index (χ4v) is 5.21. The molecule has 11 heteroatoms. The topological polar surface area (TPSA) is 157 Å². The van der Waals surface area contributed by atoms with E-state index in [1.807, 2.05) is 49.4 Å². The van der Waals surface area contributed by atoms with Crippen LogP contribution in [-0.2, 0) is 35.1 Å². The van der Waals surface area contributed by atoms with E-state index >= 15 is 0 Å². The number of rotatable bonds is 13. The molecule has 47 heavy (non-hydrogen) atoms. The molecule has 2 aromatic carbocycles. The number of primary amides is 1. The van der Waals surface area contributed by atoms with Crippen molar-refractivity contribution in [2.75, 3.05) is 0 Å². The molecule has 0 heterocycles. The van der Waals surface area contributed by atoms with E-state index in [-0.39, 0.29) is 25.3 Å². The van der Waals surface area contributed by atoms with E-state index in [4.69, 9.17) is 15.2 Å². The van der Waals surface area contributed by atoms with Crippen LogP contribution in [0.3, 0.4) is 0 Å². The Morgan fingerprint density at radius 1 is 0.851 bits per heavy atom. The third-order valence-electron chi connectivity index (χ3n) is 7.60. The minimum Gasteiger partial charge on any atom is -0.458 e. The van der Waals surface area contributed by atoms with Crippen molar-refractivity contribution in [2.45, 2.75) is 122 Å². The van der Waals surface area contributed by atoms with Gasteiger partial charge in [-0.05, 0) is 85.3 Å². The molecular weight excluding hydrogens is 600 g/mol. The van der Waals surface area contributed by atoms with Crippen molar-refractivity contribution in [3.05, 3.63) is 71.3 Å². The standard InChI is InChI=1S/C36H50N4O7/c1-23-16-18-25(19-17-23)30(31(42)38-28(33(44)46-35(2,3)4)22-24-12-9-8-10-13-24)40(26-14-11-15-26)32(43)27(20-21-29(37)41)39-34(45)47-36(5,6)7/h8-10,12-13,16-19,26-28,30H,11,14-15,20-22H2,1-7H3,(H2,37,41)(H,38,42)(H,39,45). The lowest BCUT2D eigenvalue weighted by molar-refractivity contribution is -0.159. The first-order chi connectivity index (χ1) is 21.9. The van der Waals surface area contributed by atoms with Crippen molar-refractivity contribution < 1.29 is 33.4 Å². The van der Waals surface area contributed by atoms with Gasteiger partial charge < -0.3 is 30.7 Å². The highest BCUT2D eigenvalue weighted by Gasteiger charge is 2.43. The molecule has 256 valence electrons. The van der Waals surface area contributed by atoms with Gasteiger partial charge in [0.15, 0.2) is 0 Å². The number of ether oxygens (including phenoxy) is 2. The van der Waals surface area contributed by atoms with Crippen molar-refractivity contribution in [1.29, 1.82) is 0 Å². The van der Waals surface area contributed by atoms with Crippen molar-refractivity contribution in [1.82, 2.24) is 15.5 Å². The van der Waals surface area contributed by atoms with Crippen LogP contribution in [0.5, 0.6) is 0 Å². The SMILES string of the molecule is Cc1ccc(C(C(=O)NC(Cc2ccccc2)C(=O)OC(C)(C)C)N(C(=O)C(CCC(N)=O)NC(=O)OC(C)(C)C)C2CCC2)cc1. The molecule has 11 nitrogen and oxygen atoms in total. The summed E-state index contributed by atoms with van der Waals surface area (Å²) in [5.41, 5.74) is 6.09. The van der Waals surface area contributed by atoms with E-state index in [0.717, 1.165) is 17.5 Å². The predicted octanol–water partition coefficient (Wildman–Crippen LogP) is 4.65. The first kappa shape index (κ1) is 37.1. The monoisotopic (exact) mass is 650 g/mol. The quantitative estimate of drug-likeness (QED) is 0.267.